The van der Waals surface area contributed by atoms with E-state index in [4.69, 9.17) is 5.84 Å². The zero-order chi connectivity index (χ0) is 13.8. The molecule has 3 heteroatoms. The van der Waals surface area contributed by atoms with Gasteiger partial charge < -0.3 is 0 Å². The minimum absolute atomic E-state index is 0.0129. The van der Waals surface area contributed by atoms with E-state index in [1.54, 1.807) is 12.1 Å². The maximum absolute atomic E-state index is 13.2. The zero-order valence-electron chi connectivity index (χ0n) is 11.3. The first-order valence-corrected chi connectivity index (χ1v) is 6.38. The SMILES string of the molecule is Cc1ccc(C(Cc2cccc(F)c2)NN)cc1C. The van der Waals surface area contributed by atoms with Crippen LogP contribution in [0.4, 0.5) is 4.39 Å². The second-order valence-corrected chi connectivity index (χ2v) is 4.90. The smallest absolute Gasteiger partial charge is 0.123 e. The molecule has 1 atom stereocenters. The van der Waals surface area contributed by atoms with Gasteiger partial charge >= 0.3 is 0 Å². The lowest BCUT2D eigenvalue weighted by Gasteiger charge is -2.17. The maximum Gasteiger partial charge on any atom is 0.123 e. The van der Waals surface area contributed by atoms with Crippen molar-refractivity contribution in [2.45, 2.75) is 26.3 Å². The highest BCUT2D eigenvalue weighted by atomic mass is 19.1. The van der Waals surface area contributed by atoms with Crippen LogP contribution in [0.5, 0.6) is 0 Å². The fraction of sp³-hybridized carbons (Fsp3) is 0.250. The molecule has 0 fully saturated rings. The molecule has 1 unspecified atom stereocenters. The van der Waals surface area contributed by atoms with Gasteiger partial charge in [-0.2, -0.15) is 0 Å². The summed E-state index contributed by atoms with van der Waals surface area (Å²) in [5, 5.41) is 0. The Morgan fingerprint density at radius 1 is 1.11 bits per heavy atom. The molecule has 3 N–H and O–H groups in total. The van der Waals surface area contributed by atoms with Gasteiger partial charge in [0.1, 0.15) is 5.82 Å². The molecule has 0 aromatic heterocycles. The summed E-state index contributed by atoms with van der Waals surface area (Å²) in [5.41, 5.74) is 7.35. The predicted octanol–water partition coefficient (Wildman–Crippen LogP) is 3.19. The van der Waals surface area contributed by atoms with Crippen molar-refractivity contribution in [2.24, 2.45) is 5.84 Å². The molecule has 0 saturated heterocycles. The normalized spacial score (nSPS) is 12.4. The third kappa shape index (κ3) is 3.40. The van der Waals surface area contributed by atoms with E-state index >= 15 is 0 Å². The first-order chi connectivity index (χ1) is 9.10. The third-order valence-electron chi connectivity index (χ3n) is 3.46. The number of aryl methyl sites for hydroxylation is 2. The van der Waals surface area contributed by atoms with Crippen molar-refractivity contribution < 1.29 is 4.39 Å². The molecule has 19 heavy (non-hydrogen) atoms. The Balaban J connectivity index is 2.22. The van der Waals surface area contributed by atoms with E-state index < -0.39 is 0 Å². The lowest BCUT2D eigenvalue weighted by Crippen LogP contribution is -2.29. The average Bonchev–Trinajstić information content (AvgIpc) is 2.39. The molecule has 2 aromatic carbocycles. The summed E-state index contributed by atoms with van der Waals surface area (Å²) in [6.07, 6.45) is 0.663. The fourth-order valence-electron chi connectivity index (χ4n) is 2.15. The zero-order valence-corrected chi connectivity index (χ0v) is 11.3. The molecule has 0 amide bonds. The molecule has 0 aliphatic carbocycles. The minimum Gasteiger partial charge on any atom is -0.271 e. The largest absolute Gasteiger partial charge is 0.271 e. The number of nitrogens with two attached hydrogens (primary N) is 1. The van der Waals surface area contributed by atoms with Gasteiger partial charge in [-0.25, -0.2) is 4.39 Å². The minimum atomic E-state index is -0.214. The molecule has 2 aromatic rings. The van der Waals surface area contributed by atoms with Gasteiger partial charge in [0.25, 0.3) is 0 Å². The van der Waals surface area contributed by atoms with Crippen LogP contribution in [0.2, 0.25) is 0 Å². The molecule has 0 aliphatic heterocycles. The van der Waals surface area contributed by atoms with Crippen molar-refractivity contribution in [2.75, 3.05) is 0 Å². The van der Waals surface area contributed by atoms with Crippen molar-refractivity contribution in [3.8, 4) is 0 Å². The van der Waals surface area contributed by atoms with Gasteiger partial charge in [-0.1, -0.05) is 30.3 Å². The van der Waals surface area contributed by atoms with Crippen LogP contribution in [0.1, 0.15) is 28.3 Å². The van der Waals surface area contributed by atoms with Gasteiger partial charge in [0.05, 0.1) is 0 Å². The summed E-state index contributed by atoms with van der Waals surface area (Å²) in [6.45, 7) is 4.16. The topological polar surface area (TPSA) is 38.0 Å². The summed E-state index contributed by atoms with van der Waals surface area (Å²) < 4.78 is 13.2. The summed E-state index contributed by atoms with van der Waals surface area (Å²) in [4.78, 5) is 0. The Morgan fingerprint density at radius 2 is 1.89 bits per heavy atom. The first-order valence-electron chi connectivity index (χ1n) is 6.38. The Hall–Kier alpha value is -1.71. The predicted molar refractivity (Wildman–Crippen MR) is 76.1 cm³/mol. The molecule has 0 bridgehead atoms. The fourth-order valence-corrected chi connectivity index (χ4v) is 2.15. The molecule has 0 saturated carbocycles. The monoisotopic (exact) mass is 258 g/mol. The van der Waals surface area contributed by atoms with Gasteiger partial charge in [0.2, 0.25) is 0 Å². The van der Waals surface area contributed by atoms with Crippen LogP contribution in [0, 0.1) is 19.7 Å². The highest BCUT2D eigenvalue weighted by Gasteiger charge is 2.11. The van der Waals surface area contributed by atoms with E-state index in [1.807, 2.05) is 6.07 Å². The second kappa shape index (κ2) is 5.95. The number of nitrogens with one attached hydrogen (secondary N) is 1. The van der Waals surface area contributed by atoms with E-state index in [2.05, 4.69) is 37.5 Å². The molecule has 2 nitrogen and oxygen atoms in total. The molecule has 0 aliphatic rings. The van der Waals surface area contributed by atoms with Crippen LogP contribution in [0.25, 0.3) is 0 Å². The Bertz CT molecular complexity index is 566. The summed E-state index contributed by atoms with van der Waals surface area (Å²) in [6, 6.07) is 12.9. The van der Waals surface area contributed by atoms with Gasteiger partial charge in [0, 0.05) is 6.04 Å². The molecular weight excluding hydrogens is 239 g/mol. The van der Waals surface area contributed by atoms with Crippen molar-refractivity contribution in [1.29, 1.82) is 0 Å². The van der Waals surface area contributed by atoms with Crippen LogP contribution in [0.3, 0.4) is 0 Å². The van der Waals surface area contributed by atoms with Crippen molar-refractivity contribution >= 4 is 0 Å². The Kier molecular flexibility index (Phi) is 4.30. The number of halogens is 1. The van der Waals surface area contributed by atoms with Gasteiger partial charge in [-0.05, 0) is 54.7 Å². The first kappa shape index (κ1) is 13.7. The number of hydrogen-bond acceptors (Lipinski definition) is 2. The molecule has 0 spiro atoms. The van der Waals surface area contributed by atoms with E-state index in [0.717, 1.165) is 11.1 Å². The summed E-state index contributed by atoms with van der Waals surface area (Å²) in [7, 11) is 0. The summed E-state index contributed by atoms with van der Waals surface area (Å²) >= 11 is 0. The lowest BCUT2D eigenvalue weighted by molar-refractivity contribution is 0.548. The average molecular weight is 258 g/mol. The Labute approximate surface area is 113 Å². The summed E-state index contributed by atoms with van der Waals surface area (Å²) in [5.74, 6) is 5.42. The van der Waals surface area contributed by atoms with Crippen molar-refractivity contribution in [3.05, 3.63) is 70.5 Å². The lowest BCUT2D eigenvalue weighted by atomic mass is 9.96. The van der Waals surface area contributed by atoms with E-state index in [9.17, 15) is 4.39 Å². The molecular formula is C16H19FN2. The second-order valence-electron chi connectivity index (χ2n) is 4.90. The number of rotatable bonds is 4. The molecule has 100 valence electrons. The Morgan fingerprint density at radius 3 is 2.53 bits per heavy atom. The van der Waals surface area contributed by atoms with Crippen LogP contribution in [-0.2, 0) is 6.42 Å². The van der Waals surface area contributed by atoms with Crippen LogP contribution >= 0.6 is 0 Å². The third-order valence-corrected chi connectivity index (χ3v) is 3.46. The number of hydrogen-bond donors (Lipinski definition) is 2. The maximum atomic E-state index is 13.2. The van der Waals surface area contributed by atoms with Crippen molar-refractivity contribution in [3.63, 3.8) is 0 Å². The highest BCUT2D eigenvalue weighted by Crippen LogP contribution is 2.20. The quantitative estimate of drug-likeness (QED) is 0.653. The number of hydrazine groups is 1. The van der Waals surface area contributed by atoms with Crippen molar-refractivity contribution in [1.82, 2.24) is 5.43 Å². The van der Waals surface area contributed by atoms with Gasteiger partial charge in [0.15, 0.2) is 0 Å². The van der Waals surface area contributed by atoms with E-state index in [-0.39, 0.29) is 11.9 Å². The molecule has 0 radical (unpaired) electrons. The van der Waals surface area contributed by atoms with Gasteiger partial charge in [-0.15, -0.1) is 0 Å². The molecule has 2 rings (SSSR count). The number of benzene rings is 2. The highest BCUT2D eigenvalue weighted by molar-refractivity contribution is 5.32. The van der Waals surface area contributed by atoms with E-state index in [0.29, 0.717) is 6.42 Å². The van der Waals surface area contributed by atoms with E-state index in [1.165, 1.54) is 17.2 Å². The molecule has 0 heterocycles. The standard InChI is InChI=1S/C16H19FN2/c1-11-6-7-14(8-12(11)2)16(19-18)10-13-4-3-5-15(17)9-13/h3-9,16,19H,10,18H2,1-2H3. The van der Waals surface area contributed by atoms with Crippen LogP contribution in [-0.4, -0.2) is 0 Å². The van der Waals surface area contributed by atoms with Crippen LogP contribution in [0.15, 0.2) is 42.5 Å². The van der Waals surface area contributed by atoms with Gasteiger partial charge in [-0.3, -0.25) is 11.3 Å². The van der Waals surface area contributed by atoms with Crippen LogP contribution < -0.4 is 11.3 Å².